The van der Waals surface area contributed by atoms with Gasteiger partial charge in [0, 0.05) is 41.6 Å². The number of hydrogen-bond donors (Lipinski definition) is 0. The van der Waals surface area contributed by atoms with Crippen LogP contribution >= 0.6 is 0 Å². The summed E-state index contributed by atoms with van der Waals surface area (Å²) in [6, 6.07) is 15.7. The van der Waals surface area contributed by atoms with Crippen molar-refractivity contribution in [1.29, 1.82) is 0 Å². The molecule has 0 amide bonds. The second kappa shape index (κ2) is 11.8. The summed E-state index contributed by atoms with van der Waals surface area (Å²) in [6.45, 7) is 5.03. The Kier molecular flexibility index (Phi) is 8.52. The quantitative estimate of drug-likeness (QED) is 0.208. The Hall–Kier alpha value is -3.51. The molecule has 1 heterocycles. The van der Waals surface area contributed by atoms with Gasteiger partial charge in [-0.25, -0.2) is 0 Å². The minimum Gasteiger partial charge on any atom is -0.466 e. The lowest BCUT2D eigenvalue weighted by Gasteiger charge is -2.38. The maximum atomic E-state index is 12.1. The lowest BCUT2D eigenvalue weighted by Crippen LogP contribution is -2.40. The van der Waals surface area contributed by atoms with Crippen LogP contribution in [0.15, 0.2) is 58.8 Å². The van der Waals surface area contributed by atoms with E-state index >= 15 is 0 Å². The summed E-state index contributed by atoms with van der Waals surface area (Å²) in [5, 5.41) is 7.25. The Balaban J connectivity index is 1.73. The Bertz CT molecular complexity index is 994. The maximum Gasteiger partial charge on any atom is 0.306 e. The molecule has 0 bridgehead atoms. The van der Waals surface area contributed by atoms with Gasteiger partial charge in [0.15, 0.2) is 0 Å². The SMILES string of the molecule is CCOC(=O)C[C@H]1C[C@H](c2ccc(N=[N+]=[N-])cc2)CN(Cc2ccc(CN=[N+]=[N-])cc2)C1. The van der Waals surface area contributed by atoms with Gasteiger partial charge in [0.25, 0.3) is 0 Å². The van der Waals surface area contributed by atoms with Gasteiger partial charge in [-0.2, -0.15) is 0 Å². The highest BCUT2D eigenvalue weighted by Crippen LogP contribution is 2.33. The first-order chi connectivity index (χ1) is 15.6. The Morgan fingerprint density at radius 1 is 1.06 bits per heavy atom. The molecule has 32 heavy (non-hydrogen) atoms. The summed E-state index contributed by atoms with van der Waals surface area (Å²) in [7, 11) is 0. The summed E-state index contributed by atoms with van der Waals surface area (Å²) >= 11 is 0. The molecule has 1 aliphatic heterocycles. The van der Waals surface area contributed by atoms with Crippen LogP contribution in [-0.4, -0.2) is 30.6 Å². The number of azide groups is 2. The lowest BCUT2D eigenvalue weighted by atomic mass is 9.83. The number of nitrogens with zero attached hydrogens (tertiary/aromatic N) is 7. The molecule has 0 radical (unpaired) electrons. The molecule has 0 N–H and O–H groups in total. The fourth-order valence-corrected chi connectivity index (χ4v) is 4.26. The van der Waals surface area contributed by atoms with E-state index < -0.39 is 0 Å². The number of esters is 1. The van der Waals surface area contributed by atoms with Crippen LogP contribution in [-0.2, 0) is 22.6 Å². The van der Waals surface area contributed by atoms with Crippen LogP contribution in [0.1, 0.15) is 42.4 Å². The molecule has 2 aromatic rings. The molecular weight excluding hydrogens is 406 g/mol. The number of likely N-dealkylation sites (tertiary alicyclic amines) is 1. The third-order valence-corrected chi connectivity index (χ3v) is 5.64. The van der Waals surface area contributed by atoms with Gasteiger partial charge in [-0.05, 0) is 52.9 Å². The largest absolute Gasteiger partial charge is 0.466 e. The first-order valence-corrected chi connectivity index (χ1v) is 10.7. The molecule has 0 saturated carbocycles. The molecule has 9 heteroatoms. The molecule has 0 aliphatic carbocycles. The highest BCUT2D eigenvalue weighted by Gasteiger charge is 2.30. The second-order valence-electron chi connectivity index (χ2n) is 7.99. The molecule has 1 saturated heterocycles. The number of carbonyl (C=O) groups is 1. The van der Waals surface area contributed by atoms with Crippen LogP contribution in [0.3, 0.4) is 0 Å². The van der Waals surface area contributed by atoms with Crippen molar-refractivity contribution < 1.29 is 9.53 Å². The van der Waals surface area contributed by atoms with Crippen molar-refractivity contribution >= 4 is 11.7 Å². The van der Waals surface area contributed by atoms with Gasteiger partial charge in [-0.15, -0.1) is 0 Å². The van der Waals surface area contributed by atoms with Gasteiger partial charge >= 0.3 is 5.97 Å². The van der Waals surface area contributed by atoms with Crippen molar-refractivity contribution in [1.82, 2.24) is 4.90 Å². The number of hydrogen-bond acceptors (Lipinski definition) is 5. The number of ether oxygens (including phenoxy) is 1. The van der Waals surface area contributed by atoms with Crippen molar-refractivity contribution in [3.05, 3.63) is 86.1 Å². The topological polar surface area (TPSA) is 127 Å². The third-order valence-electron chi connectivity index (χ3n) is 5.64. The van der Waals surface area contributed by atoms with Gasteiger partial charge < -0.3 is 4.74 Å². The Morgan fingerprint density at radius 2 is 1.78 bits per heavy atom. The van der Waals surface area contributed by atoms with Crippen LogP contribution in [0.2, 0.25) is 0 Å². The first kappa shape index (κ1) is 23.2. The van der Waals surface area contributed by atoms with E-state index in [1.54, 1.807) is 0 Å². The minimum atomic E-state index is -0.154. The normalized spacial score (nSPS) is 18.3. The molecule has 0 aromatic heterocycles. The van der Waals surface area contributed by atoms with Gasteiger partial charge in [-0.3, -0.25) is 9.69 Å². The molecule has 1 fully saturated rings. The van der Waals surface area contributed by atoms with Crippen LogP contribution in [0, 0.1) is 5.92 Å². The van der Waals surface area contributed by atoms with Gasteiger partial charge in [0.05, 0.1) is 13.2 Å². The zero-order valence-corrected chi connectivity index (χ0v) is 18.2. The predicted octanol–water partition coefficient (Wildman–Crippen LogP) is 6.00. The summed E-state index contributed by atoms with van der Waals surface area (Å²) in [5.41, 5.74) is 21.0. The van der Waals surface area contributed by atoms with E-state index in [2.05, 4.69) is 37.1 Å². The number of benzene rings is 2. The predicted molar refractivity (Wildman–Crippen MR) is 122 cm³/mol. The Morgan fingerprint density at radius 3 is 2.44 bits per heavy atom. The molecule has 2 aromatic carbocycles. The summed E-state index contributed by atoms with van der Waals surface area (Å²) in [5.74, 6) is 0.320. The summed E-state index contributed by atoms with van der Waals surface area (Å²) in [6.07, 6.45) is 1.31. The van der Waals surface area contributed by atoms with E-state index in [1.807, 2.05) is 43.3 Å². The maximum absolute atomic E-state index is 12.1. The first-order valence-electron chi connectivity index (χ1n) is 10.7. The molecule has 166 valence electrons. The molecule has 0 unspecified atom stereocenters. The van der Waals surface area contributed by atoms with E-state index in [9.17, 15) is 4.79 Å². The van der Waals surface area contributed by atoms with E-state index in [1.165, 1.54) is 11.1 Å². The standard InChI is InChI=1S/C23H27N7O2/c1-2-32-23(31)12-19-11-21(20-7-9-22(10-8-20)27-29-25)16-30(15-19)14-18-5-3-17(4-6-18)13-26-28-24/h3-10,19,21H,2,11-16H2,1H3/t19-,21+/m1/s1. The molecule has 0 spiro atoms. The number of carbonyl (C=O) groups excluding carboxylic acids is 1. The minimum absolute atomic E-state index is 0.154. The molecule has 9 nitrogen and oxygen atoms in total. The van der Waals surface area contributed by atoms with Gasteiger partial charge in [0.1, 0.15) is 0 Å². The summed E-state index contributed by atoms with van der Waals surface area (Å²) < 4.78 is 5.19. The van der Waals surface area contributed by atoms with E-state index in [0.717, 1.165) is 31.6 Å². The van der Waals surface area contributed by atoms with Gasteiger partial charge in [-0.1, -0.05) is 58.8 Å². The zero-order valence-electron chi connectivity index (χ0n) is 18.2. The van der Waals surface area contributed by atoms with Crippen LogP contribution in [0.25, 0.3) is 20.9 Å². The highest BCUT2D eigenvalue weighted by molar-refractivity contribution is 5.69. The van der Waals surface area contributed by atoms with Crippen molar-refractivity contribution in [2.45, 2.75) is 38.8 Å². The fourth-order valence-electron chi connectivity index (χ4n) is 4.26. The number of rotatable bonds is 9. The van der Waals surface area contributed by atoms with Crippen LogP contribution < -0.4 is 0 Å². The van der Waals surface area contributed by atoms with Gasteiger partial charge in [0.2, 0.25) is 0 Å². The van der Waals surface area contributed by atoms with Crippen molar-refractivity contribution in [2.24, 2.45) is 16.1 Å². The molecular formula is C23H27N7O2. The Labute approximate surface area is 187 Å². The van der Waals surface area contributed by atoms with Crippen LogP contribution in [0.5, 0.6) is 0 Å². The van der Waals surface area contributed by atoms with E-state index in [0.29, 0.717) is 25.3 Å². The van der Waals surface area contributed by atoms with Crippen LogP contribution in [0.4, 0.5) is 5.69 Å². The highest BCUT2D eigenvalue weighted by atomic mass is 16.5. The average Bonchev–Trinajstić information content (AvgIpc) is 2.79. The van der Waals surface area contributed by atoms with Crippen molar-refractivity contribution in [2.75, 3.05) is 19.7 Å². The molecule has 2 atom stereocenters. The third kappa shape index (κ3) is 6.75. The second-order valence-corrected chi connectivity index (χ2v) is 7.99. The molecule has 3 rings (SSSR count). The van der Waals surface area contributed by atoms with Crippen molar-refractivity contribution in [3.8, 4) is 0 Å². The van der Waals surface area contributed by atoms with Crippen molar-refractivity contribution in [3.63, 3.8) is 0 Å². The smallest absolute Gasteiger partial charge is 0.306 e. The monoisotopic (exact) mass is 433 g/mol. The lowest BCUT2D eigenvalue weighted by molar-refractivity contribution is -0.144. The average molecular weight is 434 g/mol. The zero-order chi connectivity index (χ0) is 22.8. The fraction of sp³-hybridized carbons (Fsp3) is 0.435. The summed E-state index contributed by atoms with van der Waals surface area (Å²) in [4.78, 5) is 20.1. The van der Waals surface area contributed by atoms with E-state index in [4.69, 9.17) is 15.8 Å². The van der Waals surface area contributed by atoms with E-state index in [-0.39, 0.29) is 17.8 Å². The molecule has 1 aliphatic rings. The number of piperidine rings is 1.